The van der Waals surface area contributed by atoms with E-state index in [4.69, 9.17) is 9.98 Å². The smallest absolute Gasteiger partial charge is 0.137 e. The molecule has 5 heteroatoms. The average molecular weight is 555 g/mol. The van der Waals surface area contributed by atoms with Gasteiger partial charge in [0.15, 0.2) is 0 Å². The lowest BCUT2D eigenvalue weighted by molar-refractivity contribution is 0.212. The predicted molar refractivity (Wildman–Crippen MR) is 173 cm³/mol. The van der Waals surface area contributed by atoms with Crippen LogP contribution in [0.25, 0.3) is 0 Å². The summed E-state index contributed by atoms with van der Waals surface area (Å²) in [7, 11) is 0. The summed E-state index contributed by atoms with van der Waals surface area (Å²) in [6, 6.07) is 17.8. The van der Waals surface area contributed by atoms with Crippen LogP contribution < -0.4 is 0 Å². The molecule has 0 atom stereocenters. The maximum atomic E-state index is 14.0. The van der Waals surface area contributed by atoms with Crippen molar-refractivity contribution in [2.75, 3.05) is 19.8 Å². The fraction of sp³-hybridized carbons (Fsp3) is 0.444. The SMILES string of the molecule is CC(=Nc1c(C)cccc1C)N1CCCN(C(=Nc2c(C(C)C)cc(C(C)C)cc2C(C)C)c2ccc(F)cc2)C1. The van der Waals surface area contributed by atoms with Gasteiger partial charge in [-0.3, -0.25) is 0 Å². The molecule has 1 fully saturated rings. The van der Waals surface area contributed by atoms with E-state index in [-0.39, 0.29) is 5.82 Å². The van der Waals surface area contributed by atoms with Gasteiger partial charge in [0, 0.05) is 18.7 Å². The van der Waals surface area contributed by atoms with Gasteiger partial charge in [-0.15, -0.1) is 0 Å². The van der Waals surface area contributed by atoms with Crippen LogP contribution in [0, 0.1) is 19.7 Å². The van der Waals surface area contributed by atoms with Gasteiger partial charge in [0.25, 0.3) is 0 Å². The van der Waals surface area contributed by atoms with Gasteiger partial charge in [0.1, 0.15) is 17.5 Å². The number of aliphatic imine (C=N–C) groups is 2. The second-order valence-corrected chi connectivity index (χ2v) is 12.4. The molecular formula is C36H47FN4. The summed E-state index contributed by atoms with van der Waals surface area (Å²) < 4.78 is 14.0. The first kappa shape index (κ1) is 30.5. The Balaban J connectivity index is 1.83. The minimum absolute atomic E-state index is 0.239. The Kier molecular flexibility index (Phi) is 9.68. The highest BCUT2D eigenvalue weighted by atomic mass is 19.1. The van der Waals surface area contributed by atoms with Crippen molar-refractivity contribution in [2.45, 2.75) is 86.5 Å². The van der Waals surface area contributed by atoms with Crippen LogP contribution in [0.4, 0.5) is 15.8 Å². The third-order valence-corrected chi connectivity index (χ3v) is 8.09. The Morgan fingerprint density at radius 3 is 1.83 bits per heavy atom. The number of amidine groups is 2. The van der Waals surface area contributed by atoms with Crippen molar-refractivity contribution < 1.29 is 4.39 Å². The lowest BCUT2D eigenvalue weighted by Crippen LogP contribution is -2.49. The second-order valence-electron chi connectivity index (χ2n) is 12.4. The summed E-state index contributed by atoms with van der Waals surface area (Å²) in [6.45, 7) is 22.3. The standard InChI is InChI=1S/C36H47FN4/c1-23(2)30-20-32(24(3)4)35(33(21-30)25(5)6)39-36(29-14-16-31(37)17-15-29)41-19-11-18-40(22-41)28(9)38-34-26(7)12-10-13-27(34)8/h10,12-17,20-21,23-25H,11,18-19,22H2,1-9H3. The van der Waals surface area contributed by atoms with E-state index in [1.165, 1.54) is 39.9 Å². The lowest BCUT2D eigenvalue weighted by atomic mass is 9.87. The van der Waals surface area contributed by atoms with Crippen LogP contribution in [0.5, 0.6) is 0 Å². The molecular weight excluding hydrogens is 507 g/mol. The second kappa shape index (κ2) is 13.0. The normalized spacial score (nSPS) is 15.0. The zero-order valence-electron chi connectivity index (χ0n) is 26.4. The van der Waals surface area contributed by atoms with E-state index < -0.39 is 0 Å². The monoisotopic (exact) mass is 554 g/mol. The molecule has 1 aliphatic heterocycles. The van der Waals surface area contributed by atoms with Gasteiger partial charge in [-0.2, -0.15) is 0 Å². The van der Waals surface area contributed by atoms with Crippen LogP contribution >= 0.6 is 0 Å². The number of hydrogen-bond acceptors (Lipinski definition) is 2. The molecule has 0 spiro atoms. The van der Waals surface area contributed by atoms with E-state index in [9.17, 15) is 4.39 Å². The van der Waals surface area contributed by atoms with Crippen LogP contribution in [0.15, 0.2) is 64.6 Å². The molecule has 0 radical (unpaired) electrons. The molecule has 4 nitrogen and oxygen atoms in total. The Labute approximate surface area is 247 Å². The molecule has 4 rings (SSSR count). The zero-order chi connectivity index (χ0) is 29.8. The van der Waals surface area contributed by atoms with Crippen LogP contribution in [0.2, 0.25) is 0 Å². The first-order valence-electron chi connectivity index (χ1n) is 15.1. The van der Waals surface area contributed by atoms with Gasteiger partial charge in [0.2, 0.25) is 0 Å². The molecule has 0 aromatic heterocycles. The molecule has 0 saturated carbocycles. The van der Waals surface area contributed by atoms with Crippen molar-refractivity contribution >= 4 is 23.0 Å². The van der Waals surface area contributed by atoms with E-state index in [0.29, 0.717) is 24.4 Å². The molecule has 0 unspecified atom stereocenters. The molecule has 3 aromatic carbocycles. The maximum absolute atomic E-state index is 14.0. The number of halogens is 1. The molecule has 41 heavy (non-hydrogen) atoms. The van der Waals surface area contributed by atoms with Gasteiger partial charge in [-0.05, 0) is 97.0 Å². The highest BCUT2D eigenvalue weighted by Gasteiger charge is 2.25. The van der Waals surface area contributed by atoms with Crippen molar-refractivity contribution in [1.82, 2.24) is 9.80 Å². The van der Waals surface area contributed by atoms with Crippen LogP contribution in [-0.4, -0.2) is 41.2 Å². The average Bonchev–Trinajstić information content (AvgIpc) is 2.93. The molecule has 1 saturated heterocycles. The molecule has 3 aromatic rings. The summed E-state index contributed by atoms with van der Waals surface area (Å²) >= 11 is 0. The molecule has 0 aliphatic carbocycles. The van der Waals surface area contributed by atoms with Crippen molar-refractivity contribution in [2.24, 2.45) is 9.98 Å². The van der Waals surface area contributed by atoms with Gasteiger partial charge in [-0.1, -0.05) is 71.9 Å². The van der Waals surface area contributed by atoms with Crippen LogP contribution in [0.1, 0.15) is 106 Å². The Morgan fingerprint density at radius 1 is 0.732 bits per heavy atom. The lowest BCUT2D eigenvalue weighted by Gasteiger charge is -2.39. The molecule has 0 N–H and O–H groups in total. The fourth-order valence-corrected chi connectivity index (χ4v) is 5.52. The number of benzene rings is 3. The van der Waals surface area contributed by atoms with Crippen molar-refractivity contribution in [3.63, 3.8) is 0 Å². The third-order valence-electron chi connectivity index (χ3n) is 8.09. The molecule has 0 bridgehead atoms. The predicted octanol–water partition coefficient (Wildman–Crippen LogP) is 9.61. The van der Waals surface area contributed by atoms with Gasteiger partial charge >= 0.3 is 0 Å². The van der Waals surface area contributed by atoms with Crippen molar-refractivity contribution in [3.05, 3.63) is 93.8 Å². The number of aryl methyl sites for hydroxylation is 2. The Bertz CT molecular complexity index is 1370. The minimum atomic E-state index is -0.239. The summed E-state index contributed by atoms with van der Waals surface area (Å²) in [5.41, 5.74) is 9.26. The van der Waals surface area contributed by atoms with E-state index in [0.717, 1.165) is 48.1 Å². The molecule has 1 heterocycles. The third kappa shape index (κ3) is 7.06. The van der Waals surface area contributed by atoms with Gasteiger partial charge in [-0.25, -0.2) is 14.4 Å². The number of rotatable bonds is 6. The summed E-state index contributed by atoms with van der Waals surface area (Å²) in [5.74, 6) is 2.73. The fourth-order valence-electron chi connectivity index (χ4n) is 5.52. The largest absolute Gasteiger partial charge is 0.342 e. The van der Waals surface area contributed by atoms with Crippen molar-refractivity contribution in [1.29, 1.82) is 0 Å². The maximum Gasteiger partial charge on any atom is 0.137 e. The molecule has 218 valence electrons. The van der Waals surface area contributed by atoms with E-state index >= 15 is 0 Å². The van der Waals surface area contributed by atoms with Gasteiger partial charge < -0.3 is 9.80 Å². The van der Waals surface area contributed by atoms with Crippen molar-refractivity contribution in [3.8, 4) is 0 Å². The minimum Gasteiger partial charge on any atom is -0.342 e. The topological polar surface area (TPSA) is 31.2 Å². The highest BCUT2D eigenvalue weighted by molar-refractivity contribution is 6.01. The molecule has 1 aliphatic rings. The first-order valence-corrected chi connectivity index (χ1v) is 15.1. The van der Waals surface area contributed by atoms with Gasteiger partial charge in [0.05, 0.1) is 18.0 Å². The van der Waals surface area contributed by atoms with Crippen LogP contribution in [-0.2, 0) is 0 Å². The zero-order valence-corrected chi connectivity index (χ0v) is 26.4. The van der Waals surface area contributed by atoms with E-state index in [1.807, 2.05) is 12.1 Å². The number of para-hydroxylation sites is 1. The number of nitrogens with zero attached hydrogens (tertiary/aromatic N) is 4. The highest BCUT2D eigenvalue weighted by Crippen LogP contribution is 2.38. The summed E-state index contributed by atoms with van der Waals surface area (Å²) in [5, 5.41) is 0. The van der Waals surface area contributed by atoms with E-state index in [2.05, 4.69) is 102 Å². The van der Waals surface area contributed by atoms with E-state index in [1.54, 1.807) is 0 Å². The first-order chi connectivity index (χ1) is 19.5. The summed E-state index contributed by atoms with van der Waals surface area (Å²) in [4.78, 5) is 15.2. The molecule has 0 amide bonds. The summed E-state index contributed by atoms with van der Waals surface area (Å²) in [6.07, 6.45) is 0.986. The van der Waals surface area contributed by atoms with Crippen LogP contribution in [0.3, 0.4) is 0 Å². The Morgan fingerprint density at radius 2 is 1.29 bits per heavy atom. The quantitative estimate of drug-likeness (QED) is 0.224. The Hall–Kier alpha value is -3.47. The number of hydrogen-bond donors (Lipinski definition) is 0.